The highest BCUT2D eigenvalue weighted by molar-refractivity contribution is 7.57. The van der Waals surface area contributed by atoms with Crippen LogP contribution in [0.25, 0.3) is 0 Å². The molecule has 0 bridgehead atoms. The van der Waals surface area contributed by atoms with E-state index in [2.05, 4.69) is 4.52 Å². The lowest BCUT2D eigenvalue weighted by Crippen LogP contribution is -2.13. The average molecular weight is 203 g/mol. The molecule has 5 heteroatoms. The van der Waals surface area contributed by atoms with Crippen LogP contribution in [-0.2, 0) is 9.09 Å². The molecule has 0 rings (SSSR count). The van der Waals surface area contributed by atoms with Gasteiger partial charge in [0, 0.05) is 0 Å². The first kappa shape index (κ1) is 11.4. The number of hydrogen-bond acceptors (Lipinski definition) is 2. The molecule has 0 aromatic carbocycles. The lowest BCUT2D eigenvalue weighted by molar-refractivity contribution is 0.217. The molecule has 0 aliphatic carbocycles. The highest BCUT2D eigenvalue weighted by Gasteiger charge is 2.41. The van der Waals surface area contributed by atoms with Gasteiger partial charge in [-0.15, -0.1) is 11.6 Å². The van der Waals surface area contributed by atoms with Crippen molar-refractivity contribution in [1.29, 1.82) is 0 Å². The second-order valence-electron chi connectivity index (χ2n) is 3.04. The number of hydrogen-bond donors (Lipinski definition) is 0. The molecule has 0 saturated heterocycles. The molecule has 1 unspecified atom stereocenters. The fourth-order valence-electron chi connectivity index (χ4n) is 0.396. The van der Waals surface area contributed by atoms with Gasteiger partial charge in [0.25, 0.3) is 0 Å². The zero-order valence-corrected chi connectivity index (χ0v) is 8.75. The molecular weight excluding hydrogens is 189 g/mol. The van der Waals surface area contributed by atoms with Gasteiger partial charge in [0.05, 0.1) is 6.10 Å². The van der Waals surface area contributed by atoms with Crippen LogP contribution >= 0.6 is 19.3 Å². The Morgan fingerprint density at radius 2 is 1.91 bits per heavy atom. The first-order valence-electron chi connectivity index (χ1n) is 3.34. The molecule has 0 aliphatic rings. The molecule has 0 saturated carbocycles. The summed E-state index contributed by atoms with van der Waals surface area (Å²) in [6.45, 7) is 5.87. The quantitative estimate of drug-likeness (QED) is 0.517. The van der Waals surface area contributed by atoms with E-state index in [1.165, 1.54) is 13.8 Å². The third kappa shape index (κ3) is 3.55. The Kier molecular flexibility index (Phi) is 3.55. The molecular formula is C6H13ClFO2P. The Bertz CT molecular complexity index is 176. The lowest BCUT2D eigenvalue weighted by Gasteiger charge is -2.22. The van der Waals surface area contributed by atoms with Crippen LogP contribution in [0, 0.1) is 0 Å². The van der Waals surface area contributed by atoms with Gasteiger partial charge < -0.3 is 4.52 Å². The topological polar surface area (TPSA) is 26.3 Å². The summed E-state index contributed by atoms with van der Waals surface area (Å²) in [6.07, 6.45) is -0.413. The summed E-state index contributed by atoms with van der Waals surface area (Å²) in [4.78, 5) is 0. The van der Waals surface area contributed by atoms with E-state index < -0.39 is 18.4 Å². The van der Waals surface area contributed by atoms with E-state index in [0.717, 1.165) is 0 Å². The Labute approximate surface area is 71.6 Å². The zero-order chi connectivity index (χ0) is 9.28. The molecule has 0 amide bonds. The van der Waals surface area contributed by atoms with Crippen molar-refractivity contribution in [3.8, 4) is 0 Å². The Balaban J connectivity index is 4.36. The molecule has 0 aromatic rings. The van der Waals surface area contributed by atoms with Gasteiger partial charge in [-0.2, -0.15) is 4.20 Å². The smallest absolute Gasteiger partial charge is 0.302 e. The number of halogens is 2. The summed E-state index contributed by atoms with van der Waals surface area (Å²) in [6, 6.07) is 0. The minimum atomic E-state index is -4.17. The molecule has 0 spiro atoms. The first-order valence-corrected chi connectivity index (χ1v) is 5.23. The monoisotopic (exact) mass is 202 g/mol. The number of alkyl halides is 1. The molecule has 68 valence electrons. The molecule has 0 radical (unpaired) electrons. The third-order valence-electron chi connectivity index (χ3n) is 0.982. The van der Waals surface area contributed by atoms with Crippen molar-refractivity contribution < 1.29 is 13.3 Å². The van der Waals surface area contributed by atoms with Crippen molar-refractivity contribution in [2.75, 3.05) is 0 Å². The highest BCUT2D eigenvalue weighted by atomic mass is 35.5. The van der Waals surface area contributed by atoms with Crippen LogP contribution in [0.5, 0.6) is 0 Å². The summed E-state index contributed by atoms with van der Waals surface area (Å²) in [7, 11) is -4.17. The molecule has 1 atom stereocenters. The fraction of sp³-hybridized carbons (Fsp3) is 1.00. The molecule has 0 aromatic heterocycles. The molecule has 0 N–H and O–H groups in total. The highest BCUT2D eigenvalue weighted by Crippen LogP contribution is 2.62. The predicted octanol–water partition coefficient (Wildman–Crippen LogP) is 3.55. The second-order valence-corrected chi connectivity index (χ2v) is 6.54. The van der Waals surface area contributed by atoms with Crippen molar-refractivity contribution in [1.82, 2.24) is 0 Å². The summed E-state index contributed by atoms with van der Waals surface area (Å²) in [5.74, 6) is 0. The standard InChI is InChI=1S/C6H13ClFO2P/c1-5(2)10-11(8,9)6(3,4)7/h5H,1-4H3. The third-order valence-corrected chi connectivity index (χ3v) is 3.55. The van der Waals surface area contributed by atoms with Gasteiger partial charge >= 0.3 is 7.68 Å². The predicted molar refractivity (Wildman–Crippen MR) is 44.9 cm³/mol. The van der Waals surface area contributed by atoms with E-state index in [0.29, 0.717) is 0 Å². The van der Waals surface area contributed by atoms with E-state index in [4.69, 9.17) is 11.6 Å². The molecule has 0 aliphatic heterocycles. The largest absolute Gasteiger partial charge is 0.387 e. The molecule has 11 heavy (non-hydrogen) atoms. The van der Waals surface area contributed by atoms with E-state index in [1.54, 1.807) is 13.8 Å². The van der Waals surface area contributed by atoms with E-state index in [9.17, 15) is 8.76 Å². The first-order chi connectivity index (χ1) is 4.67. The average Bonchev–Trinajstić information content (AvgIpc) is 1.56. The second kappa shape index (κ2) is 3.42. The Hall–Kier alpha value is 0.410. The van der Waals surface area contributed by atoms with Gasteiger partial charge in [0.1, 0.15) is 4.62 Å². The molecule has 2 nitrogen and oxygen atoms in total. The van der Waals surface area contributed by atoms with Crippen molar-refractivity contribution in [3.05, 3.63) is 0 Å². The Morgan fingerprint density at radius 1 is 1.55 bits per heavy atom. The van der Waals surface area contributed by atoms with Crippen LogP contribution < -0.4 is 0 Å². The molecule has 0 fully saturated rings. The summed E-state index contributed by atoms with van der Waals surface area (Å²) in [5, 5.41) is 0. The van der Waals surface area contributed by atoms with E-state index in [-0.39, 0.29) is 0 Å². The molecule has 0 heterocycles. The van der Waals surface area contributed by atoms with E-state index >= 15 is 0 Å². The van der Waals surface area contributed by atoms with Crippen molar-refractivity contribution in [2.24, 2.45) is 0 Å². The van der Waals surface area contributed by atoms with Crippen LogP contribution in [0.1, 0.15) is 27.7 Å². The zero-order valence-electron chi connectivity index (χ0n) is 7.10. The maximum Gasteiger partial charge on any atom is 0.387 e. The van der Waals surface area contributed by atoms with Crippen LogP contribution in [-0.4, -0.2) is 10.7 Å². The van der Waals surface area contributed by atoms with Gasteiger partial charge in [0.15, 0.2) is 0 Å². The van der Waals surface area contributed by atoms with Gasteiger partial charge in [0.2, 0.25) is 0 Å². The van der Waals surface area contributed by atoms with E-state index in [1.807, 2.05) is 0 Å². The van der Waals surface area contributed by atoms with Crippen LogP contribution in [0.4, 0.5) is 4.20 Å². The maximum atomic E-state index is 13.0. The summed E-state index contributed by atoms with van der Waals surface area (Å²) < 4.78 is 27.2. The summed E-state index contributed by atoms with van der Waals surface area (Å²) in [5.41, 5.74) is 0. The van der Waals surface area contributed by atoms with Crippen molar-refractivity contribution >= 4 is 19.3 Å². The maximum absolute atomic E-state index is 13.0. The van der Waals surface area contributed by atoms with Gasteiger partial charge in [-0.25, -0.2) is 0 Å². The minimum absolute atomic E-state index is 0.413. The lowest BCUT2D eigenvalue weighted by atomic mass is 10.5. The van der Waals surface area contributed by atoms with Crippen LogP contribution in [0.3, 0.4) is 0 Å². The summed E-state index contributed by atoms with van der Waals surface area (Å²) >= 11 is 5.51. The van der Waals surface area contributed by atoms with Crippen LogP contribution in [0.2, 0.25) is 0 Å². The van der Waals surface area contributed by atoms with Gasteiger partial charge in [-0.3, -0.25) is 4.57 Å². The van der Waals surface area contributed by atoms with Gasteiger partial charge in [-0.05, 0) is 27.7 Å². The fourth-order valence-corrected chi connectivity index (χ4v) is 1.31. The van der Waals surface area contributed by atoms with Crippen molar-refractivity contribution in [2.45, 2.75) is 38.4 Å². The van der Waals surface area contributed by atoms with Gasteiger partial charge in [-0.1, -0.05) is 0 Å². The van der Waals surface area contributed by atoms with Crippen LogP contribution in [0.15, 0.2) is 0 Å². The van der Waals surface area contributed by atoms with Crippen molar-refractivity contribution in [3.63, 3.8) is 0 Å². The normalized spacial score (nSPS) is 18.5. The number of rotatable bonds is 3. The minimum Gasteiger partial charge on any atom is -0.302 e. The Morgan fingerprint density at radius 3 is 2.00 bits per heavy atom. The SMILES string of the molecule is CC(C)OP(=O)(F)C(C)(C)Cl.